The molecule has 206 valence electrons. The zero-order valence-electron chi connectivity index (χ0n) is 22.5. The number of amides is 2. The highest BCUT2D eigenvalue weighted by Crippen LogP contribution is 2.32. The van der Waals surface area contributed by atoms with E-state index in [0.717, 1.165) is 11.1 Å². The van der Waals surface area contributed by atoms with Crippen molar-refractivity contribution in [2.24, 2.45) is 0 Å². The number of benzene rings is 2. The van der Waals surface area contributed by atoms with Crippen LogP contribution in [-0.2, 0) is 21.4 Å². The summed E-state index contributed by atoms with van der Waals surface area (Å²) < 4.78 is 13.6. The summed E-state index contributed by atoms with van der Waals surface area (Å²) in [5.74, 6) is -1.02. The van der Waals surface area contributed by atoms with Crippen molar-refractivity contribution in [3.05, 3.63) is 95.6 Å². The quantitative estimate of drug-likeness (QED) is 0.337. The first-order chi connectivity index (χ1) is 18.7. The van der Waals surface area contributed by atoms with Gasteiger partial charge in [-0.15, -0.1) is 0 Å². The van der Waals surface area contributed by atoms with Gasteiger partial charge in [-0.2, -0.15) is 0 Å². The van der Waals surface area contributed by atoms with E-state index in [1.165, 1.54) is 17.0 Å². The highest BCUT2D eigenvalue weighted by Gasteiger charge is 2.39. The molecule has 2 heterocycles. The Hall–Kier alpha value is -3.66. The molecule has 1 aliphatic rings. The molecule has 3 aromatic rings. The van der Waals surface area contributed by atoms with Gasteiger partial charge in [-0.3, -0.25) is 24.9 Å². The van der Waals surface area contributed by atoms with Gasteiger partial charge in [-0.25, -0.2) is 9.82 Å². The highest BCUT2D eigenvalue weighted by atomic mass is 19.1. The van der Waals surface area contributed by atoms with E-state index >= 15 is 0 Å². The van der Waals surface area contributed by atoms with Crippen LogP contribution in [0.3, 0.4) is 0 Å². The number of halogens is 1. The lowest BCUT2D eigenvalue weighted by Crippen LogP contribution is -2.51. The molecule has 39 heavy (non-hydrogen) atoms. The summed E-state index contributed by atoms with van der Waals surface area (Å²) in [5, 5.41) is 12.5. The lowest BCUT2D eigenvalue weighted by Gasteiger charge is -2.33. The Labute approximate surface area is 228 Å². The Morgan fingerprint density at radius 3 is 2.51 bits per heavy atom. The van der Waals surface area contributed by atoms with Crippen molar-refractivity contribution in [3.63, 3.8) is 0 Å². The van der Waals surface area contributed by atoms with Crippen molar-refractivity contribution >= 4 is 17.5 Å². The summed E-state index contributed by atoms with van der Waals surface area (Å²) in [5.41, 5.74) is 8.81. The Morgan fingerprint density at radius 2 is 1.90 bits per heavy atom. The molecule has 1 saturated heterocycles. The van der Waals surface area contributed by atoms with Crippen LogP contribution in [0.2, 0.25) is 0 Å². The zero-order chi connectivity index (χ0) is 28.0. The maximum absolute atomic E-state index is 14.0. The van der Waals surface area contributed by atoms with Gasteiger partial charge in [0.05, 0.1) is 6.61 Å². The predicted octanol–water partition coefficient (Wildman–Crippen LogP) is 3.18. The minimum Gasteiger partial charge on any atom is -0.395 e. The normalized spacial score (nSPS) is 18.0. The molecule has 2 aromatic carbocycles. The molecule has 0 spiro atoms. The van der Waals surface area contributed by atoms with Gasteiger partial charge < -0.3 is 10.4 Å². The van der Waals surface area contributed by atoms with E-state index in [9.17, 15) is 19.1 Å². The number of nitrogens with zero attached hydrogens (tertiary/aromatic N) is 2. The molecular weight excluding hydrogens is 497 g/mol. The first-order valence-electron chi connectivity index (χ1n) is 13.1. The van der Waals surface area contributed by atoms with Gasteiger partial charge in [-0.05, 0) is 59.7 Å². The van der Waals surface area contributed by atoms with Gasteiger partial charge in [0, 0.05) is 36.2 Å². The molecule has 4 rings (SSSR count). The molecule has 4 N–H and O–H groups in total. The average Bonchev–Trinajstić information content (AvgIpc) is 3.41. The fraction of sp³-hybridized carbons (Fsp3) is 0.367. The molecule has 0 radical (unpaired) electrons. The second kappa shape index (κ2) is 12.5. The number of pyridine rings is 1. The van der Waals surface area contributed by atoms with Crippen molar-refractivity contribution in [1.82, 2.24) is 21.2 Å². The molecule has 1 fully saturated rings. The maximum Gasteiger partial charge on any atom is 0.247 e. The third kappa shape index (κ3) is 7.06. The summed E-state index contributed by atoms with van der Waals surface area (Å²) in [6, 6.07) is 15.5. The van der Waals surface area contributed by atoms with E-state index in [1.807, 2.05) is 24.3 Å². The third-order valence-corrected chi connectivity index (χ3v) is 6.86. The lowest BCUT2D eigenvalue weighted by molar-refractivity contribution is -0.127. The Kier molecular flexibility index (Phi) is 9.06. The lowest BCUT2D eigenvalue weighted by atomic mass is 9.87. The topological polar surface area (TPSA) is 107 Å². The smallest absolute Gasteiger partial charge is 0.247 e. The second-order valence-corrected chi connectivity index (χ2v) is 10.8. The maximum atomic E-state index is 14.0. The zero-order valence-corrected chi connectivity index (χ0v) is 22.5. The minimum absolute atomic E-state index is 0.0876. The highest BCUT2D eigenvalue weighted by molar-refractivity contribution is 6.03. The number of anilines is 1. The third-order valence-electron chi connectivity index (χ3n) is 6.86. The first-order valence-corrected chi connectivity index (χ1v) is 13.1. The molecular formula is C30H36FN5O3. The van der Waals surface area contributed by atoms with Gasteiger partial charge in [0.15, 0.2) is 0 Å². The Bertz CT molecular complexity index is 1260. The summed E-state index contributed by atoms with van der Waals surface area (Å²) in [7, 11) is 0. The summed E-state index contributed by atoms with van der Waals surface area (Å²) in [6.07, 6.45) is 4.00. The van der Waals surface area contributed by atoms with Crippen LogP contribution >= 0.6 is 0 Å². The number of rotatable bonds is 9. The van der Waals surface area contributed by atoms with Gasteiger partial charge in [0.25, 0.3) is 0 Å². The van der Waals surface area contributed by atoms with Crippen LogP contribution in [0, 0.1) is 5.82 Å². The van der Waals surface area contributed by atoms with Crippen molar-refractivity contribution in [2.45, 2.75) is 57.2 Å². The van der Waals surface area contributed by atoms with Gasteiger partial charge in [0.2, 0.25) is 11.8 Å². The molecule has 0 bridgehead atoms. The van der Waals surface area contributed by atoms with Gasteiger partial charge >= 0.3 is 0 Å². The van der Waals surface area contributed by atoms with Crippen LogP contribution in [0.15, 0.2) is 73.1 Å². The fourth-order valence-electron chi connectivity index (χ4n) is 4.67. The van der Waals surface area contributed by atoms with E-state index in [0.29, 0.717) is 24.1 Å². The fourth-order valence-corrected chi connectivity index (χ4v) is 4.67. The number of carbonyl (C=O) groups is 2. The summed E-state index contributed by atoms with van der Waals surface area (Å²) >= 11 is 0. The summed E-state index contributed by atoms with van der Waals surface area (Å²) in [4.78, 5) is 33.5. The van der Waals surface area contributed by atoms with Crippen LogP contribution in [0.4, 0.5) is 10.1 Å². The van der Waals surface area contributed by atoms with Crippen LogP contribution < -0.4 is 21.1 Å². The van der Waals surface area contributed by atoms with E-state index in [4.69, 9.17) is 0 Å². The molecule has 3 atom stereocenters. The second-order valence-electron chi connectivity index (χ2n) is 10.8. The first kappa shape index (κ1) is 28.4. The van der Waals surface area contributed by atoms with Crippen molar-refractivity contribution in [1.29, 1.82) is 0 Å². The van der Waals surface area contributed by atoms with Crippen LogP contribution in [0.25, 0.3) is 0 Å². The van der Waals surface area contributed by atoms with E-state index in [1.54, 1.807) is 36.7 Å². The number of aliphatic hydroxyl groups is 1. The molecule has 3 unspecified atom stereocenters. The molecule has 8 nitrogen and oxygen atoms in total. The number of hydrogen-bond donors (Lipinski definition) is 4. The SMILES string of the molecule is CC(C)(C)c1ccc(N(C(=O)C2CC(CO)NN2)C(C(=O)NCCc2cccc(F)c2)c2cccnc2)cc1. The molecule has 0 saturated carbocycles. The number of aromatic nitrogens is 1. The molecule has 1 aromatic heterocycles. The van der Waals surface area contributed by atoms with E-state index < -0.39 is 12.1 Å². The van der Waals surface area contributed by atoms with Crippen LogP contribution in [0.5, 0.6) is 0 Å². The summed E-state index contributed by atoms with van der Waals surface area (Å²) in [6.45, 7) is 6.47. The Balaban J connectivity index is 1.68. The predicted molar refractivity (Wildman–Crippen MR) is 148 cm³/mol. The molecule has 0 aliphatic carbocycles. The standard InChI is InChI=1S/C30H36FN5O3/c1-30(2,3)22-9-11-25(12-10-22)36(29(39)26-17-24(19-37)34-35-26)27(21-7-5-14-32-18-21)28(38)33-15-13-20-6-4-8-23(31)16-20/h4-12,14,16,18,24,26-27,34-35,37H,13,15,17,19H2,1-3H3,(H,33,38). The number of hydrogen-bond acceptors (Lipinski definition) is 6. The molecule has 1 aliphatic heterocycles. The minimum atomic E-state index is -1.01. The van der Waals surface area contributed by atoms with Crippen molar-refractivity contribution in [3.8, 4) is 0 Å². The van der Waals surface area contributed by atoms with Crippen molar-refractivity contribution < 1.29 is 19.1 Å². The van der Waals surface area contributed by atoms with E-state index in [-0.39, 0.29) is 42.2 Å². The number of aliphatic hydroxyl groups excluding tert-OH is 1. The average molecular weight is 534 g/mol. The number of carbonyl (C=O) groups excluding carboxylic acids is 2. The van der Waals surface area contributed by atoms with Crippen LogP contribution in [0.1, 0.15) is 49.9 Å². The van der Waals surface area contributed by atoms with E-state index in [2.05, 4.69) is 41.9 Å². The van der Waals surface area contributed by atoms with Crippen LogP contribution in [-0.4, -0.2) is 47.1 Å². The number of hydrazine groups is 1. The number of nitrogens with one attached hydrogen (secondary N) is 3. The van der Waals surface area contributed by atoms with Crippen molar-refractivity contribution in [2.75, 3.05) is 18.1 Å². The monoisotopic (exact) mass is 533 g/mol. The largest absolute Gasteiger partial charge is 0.395 e. The molecule has 2 amide bonds. The Morgan fingerprint density at radius 1 is 1.13 bits per heavy atom. The van der Waals surface area contributed by atoms with Gasteiger partial charge in [0.1, 0.15) is 17.9 Å². The van der Waals surface area contributed by atoms with Gasteiger partial charge in [-0.1, -0.05) is 51.1 Å². The molecule has 9 heteroatoms.